The summed E-state index contributed by atoms with van der Waals surface area (Å²) in [7, 11) is 0. The Morgan fingerprint density at radius 1 is 1.48 bits per heavy atom. The highest BCUT2D eigenvalue weighted by Crippen LogP contribution is 2.58. The van der Waals surface area contributed by atoms with Gasteiger partial charge in [-0.15, -0.1) is 6.58 Å². The number of rotatable bonds is 9. The first-order valence-corrected chi connectivity index (χ1v) is 10.5. The molecule has 2 bridgehead atoms. The van der Waals surface area contributed by atoms with Gasteiger partial charge in [0.05, 0.1) is 24.5 Å². The fourth-order valence-corrected chi connectivity index (χ4v) is 5.27. The van der Waals surface area contributed by atoms with E-state index in [1.54, 1.807) is 17.9 Å². The number of hydrogen-bond acceptors (Lipinski definition) is 6. The minimum Gasteiger partial charge on any atom is -0.466 e. The first-order chi connectivity index (χ1) is 13.8. The van der Waals surface area contributed by atoms with Crippen LogP contribution in [-0.4, -0.2) is 82.8 Å². The fourth-order valence-electron chi connectivity index (χ4n) is 5.27. The molecular weight excluding hydrogens is 376 g/mol. The monoisotopic (exact) mass is 408 g/mol. The van der Waals surface area contributed by atoms with Crippen LogP contribution in [0.2, 0.25) is 0 Å². The van der Waals surface area contributed by atoms with Crippen LogP contribution >= 0.6 is 0 Å². The van der Waals surface area contributed by atoms with Crippen molar-refractivity contribution in [3.63, 3.8) is 0 Å². The lowest BCUT2D eigenvalue weighted by Crippen LogP contribution is -2.57. The van der Waals surface area contributed by atoms with Gasteiger partial charge in [-0.25, -0.2) is 0 Å². The number of amides is 2. The zero-order valence-corrected chi connectivity index (χ0v) is 17.5. The van der Waals surface area contributed by atoms with E-state index in [2.05, 4.69) is 6.58 Å². The van der Waals surface area contributed by atoms with Gasteiger partial charge < -0.3 is 24.4 Å². The van der Waals surface area contributed by atoms with Gasteiger partial charge in [0.2, 0.25) is 11.8 Å². The van der Waals surface area contributed by atoms with Crippen LogP contribution in [0.15, 0.2) is 12.7 Å². The smallest absolute Gasteiger partial charge is 0.312 e. The molecule has 3 rings (SSSR count). The number of carbonyl (C=O) groups excluding carboxylic acids is 3. The molecule has 0 aliphatic carbocycles. The van der Waals surface area contributed by atoms with Gasteiger partial charge in [-0.2, -0.15) is 0 Å². The molecule has 1 spiro atoms. The van der Waals surface area contributed by atoms with E-state index in [0.717, 1.165) is 0 Å². The third kappa shape index (κ3) is 3.36. The van der Waals surface area contributed by atoms with E-state index in [4.69, 9.17) is 9.47 Å². The SMILES string of the molecule is C=CCN(C(=O)[C@@H]1N(CCCO)C(=O)[C@H]2[C@H](C(=O)OCC)[C@@H]3CC[C@]12O3)C(C)C. The van der Waals surface area contributed by atoms with Gasteiger partial charge in [0.25, 0.3) is 0 Å². The third-order valence-electron chi connectivity index (χ3n) is 6.38. The molecule has 0 saturated carbocycles. The Labute approximate surface area is 171 Å². The predicted octanol–water partition coefficient (Wildman–Crippen LogP) is 0.730. The molecule has 0 aromatic heterocycles. The standard InChI is InChI=1S/C21H32N2O6/c1-5-10-22(13(3)4)19(26)17-21-9-8-14(29-21)15(20(27)28-6-2)16(21)18(25)23(17)11-7-12-24/h5,13-17,24H,1,6-12H2,2-4H3/t14-,15+,16+,17-,21+/m0/s1. The molecule has 8 nitrogen and oxygen atoms in total. The minimum absolute atomic E-state index is 0.0785. The highest BCUT2D eigenvalue weighted by Gasteiger charge is 2.75. The van der Waals surface area contributed by atoms with Crippen molar-refractivity contribution in [1.82, 2.24) is 9.80 Å². The molecule has 2 amide bonds. The van der Waals surface area contributed by atoms with Gasteiger partial charge in [0, 0.05) is 25.7 Å². The second-order valence-corrected chi connectivity index (χ2v) is 8.29. The average molecular weight is 408 g/mol. The molecule has 29 heavy (non-hydrogen) atoms. The van der Waals surface area contributed by atoms with Crippen molar-refractivity contribution in [2.45, 2.75) is 63.8 Å². The molecular formula is C21H32N2O6. The van der Waals surface area contributed by atoms with Gasteiger partial charge in [-0.05, 0) is 40.0 Å². The van der Waals surface area contributed by atoms with Crippen LogP contribution in [0, 0.1) is 11.8 Å². The van der Waals surface area contributed by atoms with Crippen molar-refractivity contribution in [1.29, 1.82) is 0 Å². The Morgan fingerprint density at radius 3 is 2.79 bits per heavy atom. The normalized spacial score (nSPS) is 32.6. The van der Waals surface area contributed by atoms with Crippen molar-refractivity contribution >= 4 is 17.8 Å². The molecule has 0 radical (unpaired) electrons. The lowest BCUT2D eigenvalue weighted by atomic mass is 9.70. The number of nitrogens with zero attached hydrogens (tertiary/aromatic N) is 2. The van der Waals surface area contributed by atoms with E-state index in [1.807, 2.05) is 13.8 Å². The molecule has 3 heterocycles. The zero-order chi connectivity index (χ0) is 21.3. The Bertz CT molecular complexity index is 680. The largest absolute Gasteiger partial charge is 0.466 e. The molecule has 3 aliphatic heterocycles. The van der Waals surface area contributed by atoms with Crippen LogP contribution in [0.3, 0.4) is 0 Å². The number of aliphatic hydroxyl groups excluding tert-OH is 1. The number of fused-ring (bicyclic) bond motifs is 1. The number of aliphatic hydroxyl groups is 1. The second kappa shape index (κ2) is 8.44. The van der Waals surface area contributed by atoms with Crippen LogP contribution < -0.4 is 0 Å². The van der Waals surface area contributed by atoms with Crippen molar-refractivity contribution in [2.24, 2.45) is 11.8 Å². The molecule has 162 valence electrons. The summed E-state index contributed by atoms with van der Waals surface area (Å²) in [6.45, 7) is 10.1. The lowest BCUT2D eigenvalue weighted by Gasteiger charge is -2.38. The van der Waals surface area contributed by atoms with Crippen LogP contribution in [0.5, 0.6) is 0 Å². The number of carbonyl (C=O) groups is 3. The summed E-state index contributed by atoms with van der Waals surface area (Å²) in [4.78, 5) is 42.9. The lowest BCUT2D eigenvalue weighted by molar-refractivity contribution is -0.155. The highest BCUT2D eigenvalue weighted by molar-refractivity contribution is 5.98. The van der Waals surface area contributed by atoms with Crippen molar-refractivity contribution < 1.29 is 29.0 Å². The Morgan fingerprint density at radius 2 is 2.21 bits per heavy atom. The summed E-state index contributed by atoms with van der Waals surface area (Å²) in [5.41, 5.74) is -1.01. The molecule has 3 saturated heterocycles. The topological polar surface area (TPSA) is 96.4 Å². The predicted molar refractivity (Wildman–Crippen MR) is 105 cm³/mol. The summed E-state index contributed by atoms with van der Waals surface area (Å²) >= 11 is 0. The van der Waals surface area contributed by atoms with Crippen molar-refractivity contribution in [3.8, 4) is 0 Å². The number of likely N-dealkylation sites (tertiary alicyclic amines) is 1. The van der Waals surface area contributed by atoms with Gasteiger partial charge in [0.15, 0.2) is 0 Å². The van der Waals surface area contributed by atoms with Gasteiger partial charge in [-0.3, -0.25) is 14.4 Å². The maximum atomic E-state index is 13.6. The summed E-state index contributed by atoms with van der Waals surface area (Å²) < 4.78 is 11.5. The highest BCUT2D eigenvalue weighted by atomic mass is 16.6. The zero-order valence-electron chi connectivity index (χ0n) is 17.5. The molecule has 0 unspecified atom stereocenters. The van der Waals surface area contributed by atoms with Crippen molar-refractivity contribution in [3.05, 3.63) is 12.7 Å². The first-order valence-electron chi connectivity index (χ1n) is 10.5. The minimum atomic E-state index is -1.01. The molecule has 5 atom stereocenters. The average Bonchev–Trinajstić information content (AvgIpc) is 3.31. The summed E-state index contributed by atoms with van der Waals surface area (Å²) in [6, 6.07) is -0.886. The van der Waals surface area contributed by atoms with Crippen LogP contribution in [-0.2, 0) is 23.9 Å². The first kappa shape index (κ1) is 21.8. The molecule has 8 heteroatoms. The number of hydrogen-bond donors (Lipinski definition) is 1. The van der Waals surface area contributed by atoms with Crippen LogP contribution in [0.4, 0.5) is 0 Å². The van der Waals surface area contributed by atoms with Crippen molar-refractivity contribution in [2.75, 3.05) is 26.3 Å². The third-order valence-corrected chi connectivity index (χ3v) is 6.38. The number of ether oxygens (including phenoxy) is 2. The Hall–Kier alpha value is -1.93. The van der Waals surface area contributed by atoms with Gasteiger partial charge >= 0.3 is 5.97 Å². The van der Waals surface area contributed by atoms with E-state index in [-0.39, 0.29) is 37.6 Å². The second-order valence-electron chi connectivity index (χ2n) is 8.29. The molecule has 0 aromatic carbocycles. The summed E-state index contributed by atoms with van der Waals surface area (Å²) in [5.74, 6) is -2.28. The summed E-state index contributed by atoms with van der Waals surface area (Å²) in [6.07, 6.45) is 2.79. The molecule has 3 fully saturated rings. The quantitative estimate of drug-likeness (QED) is 0.446. The number of esters is 1. The molecule has 0 aromatic rings. The molecule has 1 N–H and O–H groups in total. The van der Waals surface area contributed by atoms with Gasteiger partial charge in [0.1, 0.15) is 11.6 Å². The Balaban J connectivity index is 2.01. The Kier molecular flexibility index (Phi) is 6.33. The van der Waals surface area contributed by atoms with E-state index in [0.29, 0.717) is 25.8 Å². The van der Waals surface area contributed by atoms with Crippen LogP contribution in [0.25, 0.3) is 0 Å². The van der Waals surface area contributed by atoms with E-state index >= 15 is 0 Å². The molecule has 3 aliphatic rings. The summed E-state index contributed by atoms with van der Waals surface area (Å²) in [5, 5.41) is 9.31. The van der Waals surface area contributed by atoms with E-state index in [1.165, 1.54) is 4.90 Å². The maximum absolute atomic E-state index is 13.6. The van der Waals surface area contributed by atoms with E-state index < -0.39 is 35.6 Å². The van der Waals surface area contributed by atoms with Gasteiger partial charge in [-0.1, -0.05) is 6.08 Å². The maximum Gasteiger partial charge on any atom is 0.312 e. The van der Waals surface area contributed by atoms with Crippen LogP contribution in [0.1, 0.15) is 40.0 Å². The van der Waals surface area contributed by atoms with E-state index in [9.17, 15) is 19.5 Å². The fraction of sp³-hybridized carbons (Fsp3) is 0.762.